The number of benzene rings is 1. The summed E-state index contributed by atoms with van der Waals surface area (Å²) in [5.41, 5.74) is 12.0. The Morgan fingerprint density at radius 3 is 2.95 bits per heavy atom. The van der Waals surface area contributed by atoms with Crippen LogP contribution in [0.5, 0.6) is 5.75 Å². The number of nitrogens with two attached hydrogens (primary N) is 2. The number of guanidine groups is 1. The lowest BCUT2D eigenvalue weighted by atomic mass is 10.2. The fraction of sp³-hybridized carbons (Fsp3) is 0.231. The van der Waals surface area contributed by atoms with Gasteiger partial charge in [-0.3, -0.25) is 15.1 Å². The van der Waals surface area contributed by atoms with Crippen LogP contribution in [0, 0.1) is 0 Å². The van der Waals surface area contributed by atoms with Crippen LogP contribution in [-0.4, -0.2) is 37.1 Å². The van der Waals surface area contributed by atoms with Gasteiger partial charge in [-0.05, 0) is 18.2 Å². The number of amides is 1. The number of H-pyrrole nitrogens is 1. The number of aromatic nitrogens is 1. The van der Waals surface area contributed by atoms with Crippen molar-refractivity contribution in [3.63, 3.8) is 0 Å². The zero-order valence-electron chi connectivity index (χ0n) is 11.1. The standard InChI is InChI=1S/C13H17N5O2/c1-16-13(15)18-12(19)11-6-8-2-3-9(20-5-4-14)7-10(8)17-11/h2-3,6-7,17H,4-5,14H2,1H3,(H3,15,16,18,19). The van der Waals surface area contributed by atoms with Gasteiger partial charge in [-0.15, -0.1) is 0 Å². The van der Waals surface area contributed by atoms with Crippen molar-refractivity contribution in [2.75, 3.05) is 20.2 Å². The number of hydrogen-bond donors (Lipinski definition) is 4. The van der Waals surface area contributed by atoms with Crippen molar-refractivity contribution < 1.29 is 9.53 Å². The number of ether oxygens (including phenoxy) is 1. The second-order valence-electron chi connectivity index (χ2n) is 4.13. The van der Waals surface area contributed by atoms with E-state index >= 15 is 0 Å². The van der Waals surface area contributed by atoms with Gasteiger partial charge < -0.3 is 21.2 Å². The third-order valence-corrected chi connectivity index (χ3v) is 2.71. The summed E-state index contributed by atoms with van der Waals surface area (Å²) < 4.78 is 5.43. The lowest BCUT2D eigenvalue weighted by molar-refractivity contribution is 0.0972. The van der Waals surface area contributed by atoms with Gasteiger partial charge in [-0.1, -0.05) is 0 Å². The van der Waals surface area contributed by atoms with Gasteiger partial charge in [-0.25, -0.2) is 0 Å². The van der Waals surface area contributed by atoms with Crippen molar-refractivity contribution in [1.82, 2.24) is 10.3 Å². The molecular formula is C13H17N5O2. The van der Waals surface area contributed by atoms with Gasteiger partial charge in [0.1, 0.15) is 18.1 Å². The topological polar surface area (TPSA) is 119 Å². The largest absolute Gasteiger partial charge is 0.492 e. The predicted molar refractivity (Wildman–Crippen MR) is 77.9 cm³/mol. The molecule has 1 amide bonds. The number of fused-ring (bicyclic) bond motifs is 1. The molecule has 7 nitrogen and oxygen atoms in total. The first kappa shape index (κ1) is 13.9. The highest BCUT2D eigenvalue weighted by atomic mass is 16.5. The molecule has 6 N–H and O–H groups in total. The number of carbonyl (C=O) groups is 1. The minimum Gasteiger partial charge on any atom is -0.492 e. The molecule has 0 atom stereocenters. The molecule has 0 aliphatic rings. The molecule has 20 heavy (non-hydrogen) atoms. The number of nitrogens with zero attached hydrogens (tertiary/aromatic N) is 1. The molecule has 7 heteroatoms. The SMILES string of the molecule is CN=C(N)NC(=O)c1cc2ccc(OCCN)cc2[nH]1. The average molecular weight is 275 g/mol. The Bertz CT molecular complexity index is 647. The van der Waals surface area contributed by atoms with Gasteiger partial charge in [0.15, 0.2) is 5.96 Å². The van der Waals surface area contributed by atoms with Crippen LogP contribution in [0.15, 0.2) is 29.3 Å². The van der Waals surface area contributed by atoms with Crippen molar-refractivity contribution >= 4 is 22.8 Å². The number of rotatable bonds is 4. The number of carbonyl (C=O) groups excluding carboxylic acids is 1. The molecule has 0 saturated heterocycles. The van der Waals surface area contributed by atoms with Gasteiger partial charge >= 0.3 is 0 Å². The third-order valence-electron chi connectivity index (χ3n) is 2.71. The van der Waals surface area contributed by atoms with Crippen molar-refractivity contribution in [1.29, 1.82) is 0 Å². The Morgan fingerprint density at radius 2 is 2.25 bits per heavy atom. The Kier molecular flexibility index (Phi) is 4.21. The molecule has 0 spiro atoms. The van der Waals surface area contributed by atoms with Crippen LogP contribution in [0.25, 0.3) is 10.9 Å². The van der Waals surface area contributed by atoms with E-state index in [1.165, 1.54) is 7.05 Å². The first-order valence-electron chi connectivity index (χ1n) is 6.13. The van der Waals surface area contributed by atoms with Crippen LogP contribution in [0.1, 0.15) is 10.5 Å². The van der Waals surface area contributed by atoms with Gasteiger partial charge in [-0.2, -0.15) is 0 Å². The van der Waals surface area contributed by atoms with E-state index in [0.717, 1.165) is 10.9 Å². The zero-order chi connectivity index (χ0) is 14.5. The Morgan fingerprint density at radius 1 is 1.45 bits per heavy atom. The summed E-state index contributed by atoms with van der Waals surface area (Å²) in [6.45, 7) is 0.898. The molecule has 106 valence electrons. The lowest BCUT2D eigenvalue weighted by Gasteiger charge is -2.03. The fourth-order valence-electron chi connectivity index (χ4n) is 1.73. The maximum Gasteiger partial charge on any atom is 0.274 e. The van der Waals surface area contributed by atoms with Crippen molar-refractivity contribution in [3.05, 3.63) is 30.0 Å². The second kappa shape index (κ2) is 6.07. The van der Waals surface area contributed by atoms with Gasteiger partial charge in [0, 0.05) is 30.6 Å². The summed E-state index contributed by atoms with van der Waals surface area (Å²) in [5, 5.41) is 3.37. The maximum absolute atomic E-state index is 11.9. The monoisotopic (exact) mass is 275 g/mol. The average Bonchev–Trinajstić information content (AvgIpc) is 2.88. The molecule has 1 aromatic heterocycles. The molecule has 0 aliphatic heterocycles. The summed E-state index contributed by atoms with van der Waals surface area (Å²) in [5.74, 6) is 0.431. The zero-order valence-corrected chi connectivity index (χ0v) is 11.1. The van der Waals surface area contributed by atoms with E-state index in [2.05, 4.69) is 15.3 Å². The molecule has 0 aliphatic carbocycles. The highest BCUT2D eigenvalue weighted by molar-refractivity contribution is 6.06. The van der Waals surface area contributed by atoms with Crippen LogP contribution in [0.2, 0.25) is 0 Å². The molecule has 2 rings (SSSR count). The summed E-state index contributed by atoms with van der Waals surface area (Å²) in [6, 6.07) is 7.25. The predicted octanol–water partition coefficient (Wildman–Crippen LogP) is 0.180. The number of hydrogen-bond acceptors (Lipinski definition) is 4. The van der Waals surface area contributed by atoms with Crippen LogP contribution >= 0.6 is 0 Å². The second-order valence-corrected chi connectivity index (χ2v) is 4.13. The molecule has 2 aromatic rings. The van der Waals surface area contributed by atoms with E-state index in [1.54, 1.807) is 6.07 Å². The summed E-state index contributed by atoms with van der Waals surface area (Å²) in [6.07, 6.45) is 0. The molecule has 0 radical (unpaired) electrons. The number of aliphatic imine (C=N–C) groups is 1. The maximum atomic E-state index is 11.9. The van der Waals surface area contributed by atoms with E-state index in [-0.39, 0.29) is 11.9 Å². The van der Waals surface area contributed by atoms with Crippen LogP contribution < -0.4 is 21.5 Å². The molecule has 0 saturated carbocycles. The van der Waals surface area contributed by atoms with Crippen molar-refractivity contribution in [3.8, 4) is 5.75 Å². The van der Waals surface area contributed by atoms with E-state index < -0.39 is 0 Å². The van der Waals surface area contributed by atoms with E-state index in [0.29, 0.717) is 24.6 Å². The fourth-order valence-corrected chi connectivity index (χ4v) is 1.73. The summed E-state index contributed by atoms with van der Waals surface area (Å²) >= 11 is 0. The molecule has 0 bridgehead atoms. The van der Waals surface area contributed by atoms with Gasteiger partial charge in [0.25, 0.3) is 5.91 Å². The smallest absolute Gasteiger partial charge is 0.274 e. The minimum absolute atomic E-state index is 0.0700. The van der Waals surface area contributed by atoms with Crippen molar-refractivity contribution in [2.45, 2.75) is 0 Å². The normalized spacial score (nSPS) is 11.6. The third kappa shape index (κ3) is 3.07. The minimum atomic E-state index is -0.339. The number of nitrogens with one attached hydrogen (secondary N) is 2. The Balaban J connectivity index is 2.22. The van der Waals surface area contributed by atoms with Crippen LogP contribution in [0.4, 0.5) is 0 Å². The van der Waals surface area contributed by atoms with Crippen LogP contribution in [-0.2, 0) is 0 Å². The lowest BCUT2D eigenvalue weighted by Crippen LogP contribution is -2.36. The Labute approximate surface area is 116 Å². The summed E-state index contributed by atoms with van der Waals surface area (Å²) in [7, 11) is 1.50. The summed E-state index contributed by atoms with van der Waals surface area (Å²) in [4.78, 5) is 18.6. The number of aromatic amines is 1. The molecule has 0 fully saturated rings. The Hall–Kier alpha value is -2.54. The van der Waals surface area contributed by atoms with E-state index in [4.69, 9.17) is 16.2 Å². The van der Waals surface area contributed by atoms with Crippen molar-refractivity contribution in [2.24, 2.45) is 16.5 Å². The van der Waals surface area contributed by atoms with E-state index in [1.807, 2.05) is 18.2 Å². The first-order valence-corrected chi connectivity index (χ1v) is 6.13. The van der Waals surface area contributed by atoms with E-state index in [9.17, 15) is 4.79 Å². The highest BCUT2D eigenvalue weighted by Gasteiger charge is 2.10. The first-order chi connectivity index (χ1) is 9.63. The molecule has 1 aromatic carbocycles. The molecular weight excluding hydrogens is 258 g/mol. The van der Waals surface area contributed by atoms with Gasteiger partial charge in [0.05, 0.1) is 0 Å². The highest BCUT2D eigenvalue weighted by Crippen LogP contribution is 2.21. The molecule has 1 heterocycles. The quantitative estimate of drug-likeness (QED) is 0.470. The molecule has 0 unspecified atom stereocenters. The van der Waals surface area contributed by atoms with Gasteiger partial charge in [0.2, 0.25) is 0 Å². The van der Waals surface area contributed by atoms with Crippen LogP contribution in [0.3, 0.4) is 0 Å².